The fraction of sp³-hybridized carbons (Fsp3) is 0.300. The number of hydrogen-bond donors (Lipinski definition) is 0. The first-order valence-corrected chi connectivity index (χ1v) is 12.3. The summed E-state index contributed by atoms with van der Waals surface area (Å²) >= 11 is 0. The minimum absolute atomic E-state index is 0.174. The molecule has 2 aliphatic rings. The lowest BCUT2D eigenvalue weighted by atomic mass is 9.82. The average Bonchev–Trinajstić information content (AvgIpc) is 3.52. The van der Waals surface area contributed by atoms with E-state index in [1.165, 1.54) is 69.5 Å². The molecule has 0 spiro atoms. The third kappa shape index (κ3) is 2.21. The van der Waals surface area contributed by atoms with Crippen LogP contribution in [0.15, 0.2) is 54.7 Å². The van der Waals surface area contributed by atoms with Gasteiger partial charge in [0.05, 0.1) is 27.3 Å². The quantitative estimate of drug-likeness (QED) is 0.148. The van der Waals surface area contributed by atoms with Crippen LogP contribution in [0.5, 0.6) is 0 Å². The summed E-state index contributed by atoms with van der Waals surface area (Å²) < 4.78 is 19.1. The molecule has 33 heavy (non-hydrogen) atoms. The first-order chi connectivity index (χ1) is 16.1. The molecule has 0 amide bonds. The molecule has 2 aliphatic carbocycles. The second-order valence-corrected chi connectivity index (χ2v) is 10.7. The van der Waals surface area contributed by atoms with E-state index < -0.39 is 0 Å². The van der Waals surface area contributed by atoms with Gasteiger partial charge >= 0.3 is 0 Å². The highest BCUT2D eigenvalue weighted by Gasteiger charge is 2.40. The summed E-state index contributed by atoms with van der Waals surface area (Å²) in [4.78, 5) is 0. The molecule has 2 fully saturated rings. The number of aryl methyl sites for hydroxylation is 2. The van der Waals surface area contributed by atoms with Crippen LogP contribution in [0.3, 0.4) is 0 Å². The molecule has 3 atom stereocenters. The van der Waals surface area contributed by atoms with Crippen LogP contribution in [0.1, 0.15) is 42.7 Å². The van der Waals surface area contributed by atoms with Gasteiger partial charge in [-0.15, -0.1) is 0 Å². The van der Waals surface area contributed by atoms with Crippen molar-refractivity contribution in [2.24, 2.45) is 18.9 Å². The molecule has 8 rings (SSSR count). The summed E-state index contributed by atoms with van der Waals surface area (Å²) in [7, 11) is 2.15. The maximum atomic E-state index is 14.4. The molecular formula is C30H26FN2+. The topological polar surface area (TPSA) is 8.29 Å². The summed E-state index contributed by atoms with van der Waals surface area (Å²) in [6.45, 7) is 2.20. The smallest absolute Gasteiger partial charge is 0.224 e. The first kappa shape index (κ1) is 18.3. The molecule has 0 N–H and O–H groups in total. The summed E-state index contributed by atoms with van der Waals surface area (Å²) in [5, 5.41) is 6.05. The summed E-state index contributed by atoms with van der Waals surface area (Å²) in [5.74, 6) is 2.26. The molecule has 3 aromatic heterocycles. The van der Waals surface area contributed by atoms with Crippen molar-refractivity contribution in [2.45, 2.75) is 38.5 Å². The fourth-order valence-corrected chi connectivity index (χ4v) is 7.58. The summed E-state index contributed by atoms with van der Waals surface area (Å²) in [6.07, 6.45) is 7.76. The monoisotopic (exact) mass is 433 g/mol. The van der Waals surface area contributed by atoms with Gasteiger partial charge in [-0.3, -0.25) is 0 Å². The van der Waals surface area contributed by atoms with Gasteiger partial charge in [0.15, 0.2) is 6.20 Å². The van der Waals surface area contributed by atoms with Crippen molar-refractivity contribution in [2.75, 3.05) is 0 Å². The number of hydrogen-bond acceptors (Lipinski definition) is 0. The first-order valence-electron chi connectivity index (χ1n) is 12.3. The van der Waals surface area contributed by atoms with Gasteiger partial charge in [-0.1, -0.05) is 24.6 Å². The van der Waals surface area contributed by atoms with Gasteiger partial charge in [0.25, 0.3) is 0 Å². The van der Waals surface area contributed by atoms with Crippen LogP contribution in [0.25, 0.3) is 49.0 Å². The van der Waals surface area contributed by atoms with Crippen LogP contribution in [-0.4, -0.2) is 4.40 Å². The zero-order valence-corrected chi connectivity index (χ0v) is 19.0. The van der Waals surface area contributed by atoms with Gasteiger partial charge in [0.2, 0.25) is 5.52 Å². The molecule has 0 saturated heterocycles. The molecular weight excluding hydrogens is 407 g/mol. The van der Waals surface area contributed by atoms with Gasteiger partial charge in [0.1, 0.15) is 12.9 Å². The van der Waals surface area contributed by atoms with Crippen molar-refractivity contribution in [3.05, 3.63) is 71.7 Å². The lowest BCUT2D eigenvalue weighted by molar-refractivity contribution is -0.643. The van der Waals surface area contributed by atoms with Gasteiger partial charge in [0, 0.05) is 16.8 Å². The molecule has 0 aliphatic heterocycles. The molecule has 2 bridgehead atoms. The lowest BCUT2D eigenvalue weighted by Crippen LogP contribution is -2.29. The standard InChI is InChI=1S/C30H26FN2/c1-16-3-7-22-24-15-21(31)6-8-25(24)33-26-14-20(23-12-17-4-5-18(23)11-17)13-19-9-10-32(2)30(28(19)26)27(16)29(22)33/h3,6-10,13-15,17-18,23H,4-5,11-12H2,1-2H3/q+1. The number of pyridine rings is 2. The van der Waals surface area contributed by atoms with Gasteiger partial charge in [-0.25, -0.2) is 8.96 Å². The largest absolute Gasteiger partial charge is 0.307 e. The van der Waals surface area contributed by atoms with Gasteiger partial charge < -0.3 is 4.40 Å². The number of benzene rings is 3. The predicted octanol–water partition coefficient (Wildman–Crippen LogP) is 7.17. The summed E-state index contributed by atoms with van der Waals surface area (Å²) in [6, 6.07) is 16.9. The van der Waals surface area contributed by atoms with Crippen LogP contribution < -0.4 is 4.57 Å². The minimum Gasteiger partial charge on any atom is -0.307 e. The van der Waals surface area contributed by atoms with Crippen LogP contribution >= 0.6 is 0 Å². The molecule has 6 aromatic rings. The maximum absolute atomic E-state index is 14.4. The highest BCUT2D eigenvalue weighted by molar-refractivity contribution is 6.25. The van der Waals surface area contributed by atoms with Crippen molar-refractivity contribution in [1.29, 1.82) is 0 Å². The van der Waals surface area contributed by atoms with E-state index in [-0.39, 0.29) is 5.82 Å². The van der Waals surface area contributed by atoms with E-state index in [1.54, 1.807) is 12.1 Å². The third-order valence-corrected chi connectivity index (χ3v) is 8.98. The number of halogens is 1. The zero-order chi connectivity index (χ0) is 22.0. The normalized spacial score (nSPS) is 22.8. The molecule has 2 nitrogen and oxygen atoms in total. The average molecular weight is 434 g/mol. The molecule has 3 aromatic carbocycles. The van der Waals surface area contributed by atoms with E-state index >= 15 is 0 Å². The Morgan fingerprint density at radius 1 is 0.909 bits per heavy atom. The van der Waals surface area contributed by atoms with Crippen LogP contribution in [0, 0.1) is 24.6 Å². The lowest BCUT2D eigenvalue weighted by Gasteiger charge is -2.23. The predicted molar refractivity (Wildman–Crippen MR) is 133 cm³/mol. The zero-order valence-electron chi connectivity index (χ0n) is 19.0. The Bertz CT molecular complexity index is 1780. The molecule has 3 heteroatoms. The fourth-order valence-electron chi connectivity index (χ4n) is 7.58. The molecule has 162 valence electrons. The van der Waals surface area contributed by atoms with Crippen molar-refractivity contribution >= 4 is 49.0 Å². The second-order valence-electron chi connectivity index (χ2n) is 10.7. The SMILES string of the molecule is Cc1ccc2c3cc(F)ccc3n3c4cc(C5CC6CCC5C6)cc5cc[n+](C)c(c1c23)c54. The highest BCUT2D eigenvalue weighted by Crippen LogP contribution is 2.53. The number of fused-ring (bicyclic) bond motifs is 7. The van der Waals surface area contributed by atoms with Gasteiger partial charge in [-0.2, -0.15) is 0 Å². The molecule has 3 unspecified atom stereocenters. The Hall–Kier alpha value is -3.20. The van der Waals surface area contributed by atoms with E-state index in [9.17, 15) is 4.39 Å². The van der Waals surface area contributed by atoms with E-state index in [2.05, 4.69) is 59.5 Å². The van der Waals surface area contributed by atoms with Gasteiger partial charge in [-0.05, 0) is 84.7 Å². The van der Waals surface area contributed by atoms with E-state index in [4.69, 9.17) is 0 Å². The van der Waals surface area contributed by atoms with E-state index in [1.807, 2.05) is 6.07 Å². The second kappa shape index (κ2) is 6.02. The van der Waals surface area contributed by atoms with Crippen molar-refractivity contribution in [1.82, 2.24) is 4.40 Å². The molecule has 2 saturated carbocycles. The maximum Gasteiger partial charge on any atom is 0.224 e. The van der Waals surface area contributed by atoms with E-state index in [0.717, 1.165) is 28.1 Å². The molecule has 3 heterocycles. The Balaban J connectivity index is 1.63. The van der Waals surface area contributed by atoms with Crippen LogP contribution in [0.4, 0.5) is 4.39 Å². The van der Waals surface area contributed by atoms with E-state index in [0.29, 0.717) is 5.92 Å². The number of aromatic nitrogens is 2. The number of nitrogens with zero attached hydrogens (tertiary/aromatic N) is 2. The summed E-state index contributed by atoms with van der Waals surface area (Å²) in [5.41, 5.74) is 7.62. The Kier molecular flexibility index (Phi) is 3.33. The van der Waals surface area contributed by atoms with Crippen LogP contribution in [0.2, 0.25) is 0 Å². The Morgan fingerprint density at radius 3 is 2.64 bits per heavy atom. The van der Waals surface area contributed by atoms with Crippen LogP contribution in [-0.2, 0) is 7.05 Å². The Morgan fingerprint density at radius 2 is 1.82 bits per heavy atom. The third-order valence-electron chi connectivity index (χ3n) is 8.98. The minimum atomic E-state index is -0.174. The van der Waals surface area contributed by atoms with Crippen molar-refractivity contribution in [3.8, 4) is 0 Å². The Labute approximate surface area is 191 Å². The highest BCUT2D eigenvalue weighted by atomic mass is 19.1. The molecule has 0 radical (unpaired) electrons. The van der Waals surface area contributed by atoms with Crippen molar-refractivity contribution < 1.29 is 8.96 Å². The number of rotatable bonds is 1. The van der Waals surface area contributed by atoms with Crippen molar-refractivity contribution in [3.63, 3.8) is 0 Å².